The molecule has 0 amide bonds. The molecule has 0 heterocycles. The average molecular weight is 110 g/mol. The third-order valence-electron chi connectivity index (χ3n) is 0.903. The number of hydrogen-bond acceptors (Lipinski definition) is 1. The maximum Gasteiger partial charge on any atom is 0.0681 e. The summed E-state index contributed by atoms with van der Waals surface area (Å²) in [5.41, 5.74) is 0.287. The molecule has 0 aliphatic rings. The fraction of sp³-hybridized carbons (Fsp3) is 0.143. The van der Waals surface area contributed by atoms with Gasteiger partial charge in [-0.05, 0) is 5.56 Å². The fourth-order valence-corrected chi connectivity index (χ4v) is 0.513. The van der Waals surface area contributed by atoms with Gasteiger partial charge in [0.2, 0.25) is 0 Å². The van der Waals surface area contributed by atoms with E-state index in [1.54, 1.807) is 30.3 Å². The van der Waals surface area contributed by atoms with Crippen molar-refractivity contribution in [1.29, 1.82) is 0 Å². The van der Waals surface area contributed by atoms with Crippen molar-refractivity contribution < 1.29 is 7.85 Å². The summed E-state index contributed by atoms with van der Waals surface area (Å²) >= 11 is 0. The van der Waals surface area contributed by atoms with E-state index >= 15 is 0 Å². The van der Waals surface area contributed by atoms with E-state index in [2.05, 4.69) is 0 Å². The van der Waals surface area contributed by atoms with Crippen LogP contribution < -0.4 is 0 Å². The summed E-state index contributed by atoms with van der Waals surface area (Å²) in [6.45, 7) is -2.21. The minimum Gasteiger partial charge on any atom is -0.392 e. The first-order chi connectivity index (χ1) is 4.61. The molecule has 0 fully saturated rings. The highest BCUT2D eigenvalue weighted by atomic mass is 16.3. The molecule has 0 saturated carbocycles. The van der Waals surface area contributed by atoms with Gasteiger partial charge in [0, 0.05) is 0 Å². The lowest BCUT2D eigenvalue weighted by Crippen LogP contribution is -1.77. The van der Waals surface area contributed by atoms with Gasteiger partial charge in [0.05, 0.1) is 9.30 Å². The maximum atomic E-state index is 8.82. The standard InChI is InChI=1S/C7H8O/c8-6-7-4-2-1-3-5-7/h1-5,8H,6H2/i6D2. The summed E-state index contributed by atoms with van der Waals surface area (Å²) in [5.74, 6) is 0. The van der Waals surface area contributed by atoms with Gasteiger partial charge in [0.15, 0.2) is 0 Å². The first-order valence-electron chi connectivity index (χ1n) is 3.38. The van der Waals surface area contributed by atoms with E-state index in [-0.39, 0.29) is 5.56 Å². The molecule has 0 bridgehead atoms. The first-order valence-corrected chi connectivity index (χ1v) is 2.38. The van der Waals surface area contributed by atoms with Crippen LogP contribution in [0.15, 0.2) is 30.3 Å². The predicted molar refractivity (Wildman–Crippen MR) is 32.4 cm³/mol. The van der Waals surface area contributed by atoms with Crippen molar-refractivity contribution >= 4 is 0 Å². The second-order valence-corrected chi connectivity index (χ2v) is 1.48. The highest BCUT2D eigenvalue weighted by Gasteiger charge is 1.81. The highest BCUT2D eigenvalue weighted by molar-refractivity contribution is 5.12. The largest absolute Gasteiger partial charge is 0.392 e. The molecule has 1 heteroatoms. The highest BCUT2D eigenvalue weighted by Crippen LogP contribution is 1.95. The van der Waals surface area contributed by atoms with Gasteiger partial charge < -0.3 is 5.11 Å². The molecule has 0 atom stereocenters. The Morgan fingerprint density at radius 1 is 1.38 bits per heavy atom. The Labute approximate surface area is 51.4 Å². The smallest absolute Gasteiger partial charge is 0.0681 e. The second-order valence-electron chi connectivity index (χ2n) is 1.48. The van der Waals surface area contributed by atoms with E-state index in [0.29, 0.717) is 0 Å². The average Bonchev–Trinajstić information content (AvgIpc) is 1.88. The quantitative estimate of drug-likeness (QED) is 0.575. The topological polar surface area (TPSA) is 20.2 Å². The first kappa shape index (κ1) is 3.25. The van der Waals surface area contributed by atoms with Crippen LogP contribution in [0.1, 0.15) is 8.30 Å². The van der Waals surface area contributed by atoms with E-state index in [0.717, 1.165) is 0 Å². The van der Waals surface area contributed by atoms with Crippen molar-refractivity contribution in [2.24, 2.45) is 0 Å². The number of benzene rings is 1. The van der Waals surface area contributed by atoms with Crippen LogP contribution in [0.2, 0.25) is 0 Å². The Morgan fingerprint density at radius 3 is 2.38 bits per heavy atom. The normalized spacial score (nSPS) is 14.6. The molecule has 0 aliphatic heterocycles. The zero-order valence-electron chi connectivity index (χ0n) is 6.33. The molecular formula is C7H8O. The summed E-state index contributed by atoms with van der Waals surface area (Å²) in [4.78, 5) is 0. The summed E-state index contributed by atoms with van der Waals surface area (Å²) < 4.78 is 13.8. The minimum atomic E-state index is -2.21. The van der Waals surface area contributed by atoms with Crippen LogP contribution in [0.4, 0.5) is 0 Å². The molecule has 0 saturated heterocycles. The van der Waals surface area contributed by atoms with Crippen molar-refractivity contribution in [1.82, 2.24) is 0 Å². The van der Waals surface area contributed by atoms with Crippen LogP contribution in [-0.2, 0) is 6.56 Å². The van der Waals surface area contributed by atoms with Crippen molar-refractivity contribution in [2.75, 3.05) is 0 Å². The van der Waals surface area contributed by atoms with E-state index in [4.69, 9.17) is 7.85 Å². The van der Waals surface area contributed by atoms with Gasteiger partial charge in [-0.1, -0.05) is 30.3 Å². The summed E-state index contributed by atoms with van der Waals surface area (Å²) in [6.07, 6.45) is 0. The van der Waals surface area contributed by atoms with E-state index in [1.807, 2.05) is 0 Å². The molecule has 0 aromatic heterocycles. The third kappa shape index (κ3) is 1.07. The van der Waals surface area contributed by atoms with Crippen molar-refractivity contribution in [2.45, 2.75) is 6.56 Å². The lowest BCUT2D eigenvalue weighted by molar-refractivity contribution is 0.282. The minimum absolute atomic E-state index is 0.287. The van der Waals surface area contributed by atoms with Gasteiger partial charge in [-0.2, -0.15) is 0 Å². The molecule has 0 spiro atoms. The Balaban J connectivity index is 2.97. The second kappa shape index (κ2) is 2.48. The third-order valence-corrected chi connectivity index (χ3v) is 0.903. The number of aliphatic hydroxyl groups is 1. The molecule has 42 valence electrons. The zero-order chi connectivity index (χ0) is 7.61. The van der Waals surface area contributed by atoms with Gasteiger partial charge in [-0.25, -0.2) is 0 Å². The Hall–Kier alpha value is -0.820. The van der Waals surface area contributed by atoms with E-state index < -0.39 is 6.56 Å². The number of hydrogen-bond donors (Lipinski definition) is 1. The SMILES string of the molecule is [2H]C([2H])(O)c1ccccc1. The van der Waals surface area contributed by atoms with Crippen LogP contribution in [0.25, 0.3) is 0 Å². The summed E-state index contributed by atoms with van der Waals surface area (Å²) in [7, 11) is 0. The summed E-state index contributed by atoms with van der Waals surface area (Å²) in [5, 5.41) is 8.82. The Kier molecular flexibility index (Phi) is 1.01. The summed E-state index contributed by atoms with van der Waals surface area (Å²) in [6, 6.07) is 8.22. The van der Waals surface area contributed by atoms with Gasteiger partial charge in [-0.15, -0.1) is 0 Å². The monoisotopic (exact) mass is 110 g/mol. The van der Waals surface area contributed by atoms with Crippen molar-refractivity contribution in [3.05, 3.63) is 35.9 Å². The fourth-order valence-electron chi connectivity index (χ4n) is 0.513. The Morgan fingerprint density at radius 2 is 2.00 bits per heavy atom. The molecule has 0 unspecified atom stereocenters. The predicted octanol–water partition coefficient (Wildman–Crippen LogP) is 1.18. The Bertz CT molecular complexity index is 203. The lowest BCUT2D eigenvalue weighted by Gasteiger charge is -1.89. The van der Waals surface area contributed by atoms with Crippen LogP contribution in [0.3, 0.4) is 0 Å². The zero-order valence-corrected chi connectivity index (χ0v) is 4.33. The van der Waals surface area contributed by atoms with Gasteiger partial charge in [0.25, 0.3) is 0 Å². The van der Waals surface area contributed by atoms with Gasteiger partial charge in [-0.3, -0.25) is 0 Å². The molecule has 0 aliphatic carbocycles. The van der Waals surface area contributed by atoms with Crippen LogP contribution >= 0.6 is 0 Å². The molecule has 0 radical (unpaired) electrons. The van der Waals surface area contributed by atoms with Crippen LogP contribution in [0, 0.1) is 0 Å². The number of rotatable bonds is 1. The molecule has 1 aromatic rings. The van der Waals surface area contributed by atoms with E-state index in [9.17, 15) is 0 Å². The maximum absolute atomic E-state index is 8.82. The molecule has 1 nitrogen and oxygen atoms in total. The molecular weight excluding hydrogens is 100 g/mol. The lowest BCUT2D eigenvalue weighted by atomic mass is 10.2. The van der Waals surface area contributed by atoms with E-state index in [1.165, 1.54) is 0 Å². The molecule has 1 rings (SSSR count). The van der Waals surface area contributed by atoms with Crippen LogP contribution in [0.5, 0.6) is 0 Å². The van der Waals surface area contributed by atoms with Crippen LogP contribution in [-0.4, -0.2) is 5.11 Å². The van der Waals surface area contributed by atoms with Crippen molar-refractivity contribution in [3.8, 4) is 0 Å². The molecule has 8 heavy (non-hydrogen) atoms. The van der Waals surface area contributed by atoms with Gasteiger partial charge in [0.1, 0.15) is 0 Å². The van der Waals surface area contributed by atoms with Crippen molar-refractivity contribution in [3.63, 3.8) is 0 Å². The molecule has 1 aromatic carbocycles. The van der Waals surface area contributed by atoms with Gasteiger partial charge >= 0.3 is 0 Å². The molecule has 1 N–H and O–H groups in total.